The van der Waals surface area contributed by atoms with Crippen molar-refractivity contribution in [3.8, 4) is 11.1 Å². The van der Waals surface area contributed by atoms with Gasteiger partial charge in [-0.3, -0.25) is 0 Å². The lowest BCUT2D eigenvalue weighted by molar-refractivity contribution is 0.371. The second kappa shape index (κ2) is 7.29. The predicted molar refractivity (Wildman–Crippen MR) is 82.6 cm³/mol. The molecule has 0 fully saturated rings. The molecule has 0 amide bonds. The normalized spacial score (nSPS) is 10.3. The van der Waals surface area contributed by atoms with Crippen molar-refractivity contribution in [1.82, 2.24) is 10.3 Å². The maximum absolute atomic E-state index is 5.97. The Balaban J connectivity index is 0.000000173. The zero-order valence-electron chi connectivity index (χ0n) is 11.6. The Bertz CT molecular complexity index is 645. The fourth-order valence-electron chi connectivity index (χ4n) is 1.63. The molecule has 0 spiro atoms. The molecule has 3 rings (SSSR count). The smallest absolute Gasteiger partial charge is 0.139 e. The Labute approximate surface area is 132 Å². The van der Waals surface area contributed by atoms with Gasteiger partial charge >= 0.3 is 0 Å². The molecule has 2 heterocycles. The Morgan fingerprint density at radius 2 is 1.76 bits per heavy atom. The quantitative estimate of drug-likeness (QED) is 0.629. The van der Waals surface area contributed by atoms with E-state index in [2.05, 4.69) is 24.2 Å². The van der Waals surface area contributed by atoms with E-state index in [1.54, 1.807) is 30.6 Å². The van der Waals surface area contributed by atoms with Crippen LogP contribution in [0.5, 0.6) is 0 Å². The zero-order valence-corrected chi connectivity index (χ0v) is 13.1. The standard InChI is InChI=1S/C9H5Cl2NO.C6H9NO/c10-7-2-1-3-8(11)9(7)6-4-12-13-5-6;1-5(2)6-3-4-7-8-6/h1-5H;3-5H,1-2H3. The van der Waals surface area contributed by atoms with E-state index in [0.29, 0.717) is 16.0 Å². The van der Waals surface area contributed by atoms with Gasteiger partial charge in [0.25, 0.3) is 0 Å². The van der Waals surface area contributed by atoms with Crippen molar-refractivity contribution in [1.29, 1.82) is 0 Å². The second-order valence-corrected chi connectivity index (χ2v) is 5.39. The second-order valence-electron chi connectivity index (χ2n) is 4.58. The minimum absolute atomic E-state index is 0.456. The third kappa shape index (κ3) is 4.09. The lowest BCUT2D eigenvalue weighted by atomic mass is 10.1. The van der Waals surface area contributed by atoms with E-state index in [9.17, 15) is 0 Å². The molecule has 0 aliphatic rings. The highest BCUT2D eigenvalue weighted by molar-refractivity contribution is 6.39. The zero-order chi connectivity index (χ0) is 15.2. The third-order valence-electron chi connectivity index (χ3n) is 2.71. The van der Waals surface area contributed by atoms with E-state index in [4.69, 9.17) is 32.2 Å². The monoisotopic (exact) mass is 324 g/mol. The van der Waals surface area contributed by atoms with E-state index in [1.807, 2.05) is 6.07 Å². The van der Waals surface area contributed by atoms with Gasteiger partial charge in [0.2, 0.25) is 0 Å². The average Bonchev–Trinajstić information content (AvgIpc) is 3.13. The number of hydrogen-bond acceptors (Lipinski definition) is 4. The summed E-state index contributed by atoms with van der Waals surface area (Å²) in [6, 6.07) is 7.22. The fraction of sp³-hybridized carbons (Fsp3) is 0.200. The molecule has 0 aliphatic carbocycles. The van der Waals surface area contributed by atoms with E-state index in [1.165, 1.54) is 6.26 Å². The molecule has 1 aromatic carbocycles. The minimum Gasteiger partial charge on any atom is -0.364 e. The Morgan fingerprint density at radius 3 is 2.19 bits per heavy atom. The summed E-state index contributed by atoms with van der Waals surface area (Å²) in [5.41, 5.74) is 1.54. The first-order valence-electron chi connectivity index (χ1n) is 6.34. The molecule has 0 unspecified atom stereocenters. The molecule has 0 saturated carbocycles. The molecule has 0 radical (unpaired) electrons. The van der Waals surface area contributed by atoms with Crippen LogP contribution in [0.15, 0.2) is 52.0 Å². The maximum Gasteiger partial charge on any atom is 0.139 e. The highest BCUT2D eigenvalue weighted by Gasteiger charge is 2.09. The van der Waals surface area contributed by atoms with Crippen LogP contribution < -0.4 is 0 Å². The van der Waals surface area contributed by atoms with Gasteiger partial charge in [-0.25, -0.2) is 0 Å². The van der Waals surface area contributed by atoms with Gasteiger partial charge in [0.1, 0.15) is 12.0 Å². The first kappa shape index (κ1) is 15.6. The molecule has 2 aromatic heterocycles. The Hall–Kier alpha value is -1.78. The van der Waals surface area contributed by atoms with Crippen molar-refractivity contribution in [2.24, 2.45) is 0 Å². The molecular weight excluding hydrogens is 311 g/mol. The van der Waals surface area contributed by atoms with Gasteiger partial charge in [0.15, 0.2) is 0 Å². The molecule has 0 saturated heterocycles. The Kier molecular flexibility index (Phi) is 5.42. The summed E-state index contributed by atoms with van der Waals surface area (Å²) < 4.78 is 9.56. The van der Waals surface area contributed by atoms with Crippen molar-refractivity contribution >= 4 is 23.2 Å². The van der Waals surface area contributed by atoms with Crippen LogP contribution in [0, 0.1) is 0 Å². The summed E-state index contributed by atoms with van der Waals surface area (Å²) in [6.45, 7) is 4.14. The number of benzene rings is 1. The van der Waals surface area contributed by atoms with Crippen LogP contribution in [0.25, 0.3) is 11.1 Å². The minimum atomic E-state index is 0.456. The summed E-state index contributed by atoms with van der Waals surface area (Å²) in [7, 11) is 0. The number of nitrogens with zero attached hydrogens (tertiary/aromatic N) is 2. The third-order valence-corrected chi connectivity index (χ3v) is 3.34. The first-order valence-corrected chi connectivity index (χ1v) is 7.09. The van der Waals surface area contributed by atoms with Crippen molar-refractivity contribution in [2.75, 3.05) is 0 Å². The largest absolute Gasteiger partial charge is 0.364 e. The molecule has 21 heavy (non-hydrogen) atoms. The van der Waals surface area contributed by atoms with Gasteiger partial charge in [-0.1, -0.05) is 53.4 Å². The highest BCUT2D eigenvalue weighted by atomic mass is 35.5. The van der Waals surface area contributed by atoms with Crippen LogP contribution >= 0.6 is 23.2 Å². The summed E-state index contributed by atoms with van der Waals surface area (Å²) in [4.78, 5) is 0. The topological polar surface area (TPSA) is 52.1 Å². The van der Waals surface area contributed by atoms with Crippen LogP contribution in [-0.4, -0.2) is 10.3 Å². The van der Waals surface area contributed by atoms with Gasteiger partial charge in [-0.05, 0) is 12.1 Å². The molecule has 0 N–H and O–H groups in total. The molecule has 0 aliphatic heterocycles. The summed E-state index contributed by atoms with van der Waals surface area (Å²) in [5.74, 6) is 1.41. The van der Waals surface area contributed by atoms with Gasteiger partial charge < -0.3 is 9.05 Å². The summed E-state index contributed by atoms with van der Waals surface area (Å²) >= 11 is 11.9. The van der Waals surface area contributed by atoms with Crippen molar-refractivity contribution in [2.45, 2.75) is 19.8 Å². The van der Waals surface area contributed by atoms with Gasteiger partial charge in [-0.2, -0.15) is 0 Å². The number of hydrogen-bond donors (Lipinski definition) is 0. The van der Waals surface area contributed by atoms with Crippen molar-refractivity contribution < 1.29 is 9.05 Å². The summed E-state index contributed by atoms with van der Waals surface area (Å²) in [5, 5.41) is 8.34. The van der Waals surface area contributed by atoms with Crippen LogP contribution in [-0.2, 0) is 0 Å². The summed E-state index contributed by atoms with van der Waals surface area (Å²) in [6.07, 6.45) is 4.75. The Morgan fingerprint density at radius 1 is 1.05 bits per heavy atom. The van der Waals surface area contributed by atoms with Crippen LogP contribution in [0.3, 0.4) is 0 Å². The fourth-order valence-corrected chi connectivity index (χ4v) is 2.24. The van der Waals surface area contributed by atoms with Crippen LogP contribution in [0.2, 0.25) is 10.0 Å². The van der Waals surface area contributed by atoms with Gasteiger partial charge in [0.05, 0.1) is 22.4 Å². The highest BCUT2D eigenvalue weighted by Crippen LogP contribution is 2.33. The number of halogens is 2. The van der Waals surface area contributed by atoms with Crippen LogP contribution in [0.4, 0.5) is 0 Å². The van der Waals surface area contributed by atoms with Crippen molar-refractivity contribution in [3.05, 3.63) is 58.7 Å². The van der Waals surface area contributed by atoms with E-state index in [0.717, 1.165) is 16.9 Å². The first-order chi connectivity index (χ1) is 10.1. The predicted octanol–water partition coefficient (Wildman–Crippen LogP) is 5.45. The molecule has 110 valence electrons. The average molecular weight is 325 g/mol. The molecular formula is C15H14Cl2N2O2. The van der Waals surface area contributed by atoms with E-state index < -0.39 is 0 Å². The maximum atomic E-state index is 5.97. The lowest BCUT2D eigenvalue weighted by Crippen LogP contribution is -1.79. The van der Waals surface area contributed by atoms with Crippen molar-refractivity contribution in [3.63, 3.8) is 0 Å². The van der Waals surface area contributed by atoms with Crippen LogP contribution in [0.1, 0.15) is 25.5 Å². The number of rotatable bonds is 2. The van der Waals surface area contributed by atoms with Gasteiger partial charge in [-0.15, -0.1) is 0 Å². The van der Waals surface area contributed by atoms with E-state index in [-0.39, 0.29) is 0 Å². The lowest BCUT2D eigenvalue weighted by Gasteiger charge is -2.01. The molecule has 0 bridgehead atoms. The molecule has 0 atom stereocenters. The molecule has 4 nitrogen and oxygen atoms in total. The van der Waals surface area contributed by atoms with E-state index >= 15 is 0 Å². The van der Waals surface area contributed by atoms with Gasteiger partial charge in [0, 0.05) is 23.1 Å². The SMILES string of the molecule is CC(C)c1ccno1.Clc1cccc(Cl)c1-c1cnoc1. The number of aromatic nitrogens is 2. The molecule has 6 heteroatoms. The molecule has 3 aromatic rings.